The fourth-order valence-corrected chi connectivity index (χ4v) is 2.41. The summed E-state index contributed by atoms with van der Waals surface area (Å²) >= 11 is 0. The highest BCUT2D eigenvalue weighted by atomic mass is 17.1. The molecule has 0 aromatic rings. The molecule has 0 spiro atoms. The van der Waals surface area contributed by atoms with Gasteiger partial charge in [-0.3, -0.25) is 0 Å². The minimum Gasteiger partial charge on any atom is -0.393 e. The predicted octanol–water partition coefficient (Wildman–Crippen LogP) is -2.97. The number of nitrogens with two attached hydrogens (primary N) is 4. The van der Waals surface area contributed by atoms with E-state index in [1.165, 1.54) is 0 Å². The Balaban J connectivity index is 2.68. The molecule has 0 aromatic carbocycles. The lowest BCUT2D eigenvalue weighted by molar-refractivity contribution is -0.364. The van der Waals surface area contributed by atoms with Crippen LogP contribution in [0.15, 0.2) is 0 Å². The molecule has 9 nitrogen and oxygen atoms in total. The smallest absolute Gasteiger partial charge is 0.206 e. The predicted molar refractivity (Wildman–Crippen MR) is 71.2 cm³/mol. The zero-order chi connectivity index (χ0) is 15.4. The van der Waals surface area contributed by atoms with E-state index < -0.39 is 48.8 Å². The second-order valence-corrected chi connectivity index (χ2v) is 5.45. The van der Waals surface area contributed by atoms with Gasteiger partial charge in [0.15, 0.2) is 0 Å². The van der Waals surface area contributed by atoms with Gasteiger partial charge < -0.3 is 37.9 Å². The summed E-state index contributed by atoms with van der Waals surface area (Å²) in [5, 5.41) is 28.0. The molecule has 1 aliphatic carbocycles. The van der Waals surface area contributed by atoms with Crippen LogP contribution in [0.25, 0.3) is 0 Å². The van der Waals surface area contributed by atoms with Gasteiger partial charge in [-0.05, 0) is 19.8 Å². The average molecular weight is 294 g/mol. The summed E-state index contributed by atoms with van der Waals surface area (Å²) in [5.41, 5.74) is 23.2. The molecule has 0 aliphatic heterocycles. The monoisotopic (exact) mass is 294 g/mol. The number of rotatable bonds is 6. The number of ether oxygens (including phenoxy) is 1. The van der Waals surface area contributed by atoms with Crippen LogP contribution in [0.4, 0.5) is 0 Å². The van der Waals surface area contributed by atoms with E-state index in [4.69, 9.17) is 32.9 Å². The van der Waals surface area contributed by atoms with Gasteiger partial charge in [-0.1, -0.05) is 0 Å². The molecular formula is C11H26N4O5. The van der Waals surface area contributed by atoms with E-state index in [2.05, 4.69) is 4.89 Å². The van der Waals surface area contributed by atoms with Crippen LogP contribution >= 0.6 is 0 Å². The maximum absolute atomic E-state index is 9.84. The van der Waals surface area contributed by atoms with E-state index in [0.717, 1.165) is 0 Å². The number of hydrogen-bond acceptors (Lipinski definition) is 9. The van der Waals surface area contributed by atoms with Crippen molar-refractivity contribution in [2.24, 2.45) is 22.9 Å². The van der Waals surface area contributed by atoms with Crippen molar-refractivity contribution in [2.45, 2.75) is 68.5 Å². The molecule has 1 rings (SSSR count). The first-order chi connectivity index (χ1) is 9.27. The molecule has 20 heavy (non-hydrogen) atoms. The highest BCUT2D eigenvalue weighted by molar-refractivity contribution is 5.00. The molecule has 0 radical (unpaired) electrons. The van der Waals surface area contributed by atoms with Crippen LogP contribution in [-0.4, -0.2) is 64.2 Å². The van der Waals surface area contributed by atoms with Crippen LogP contribution in [-0.2, 0) is 9.62 Å². The molecule has 4 unspecified atom stereocenters. The zero-order valence-electron chi connectivity index (χ0n) is 11.5. The quantitative estimate of drug-likeness (QED) is 0.153. The fourth-order valence-electron chi connectivity index (χ4n) is 2.41. The Kier molecular flexibility index (Phi) is 6.72. The molecule has 0 bridgehead atoms. The number of hydrogen-bond donors (Lipinski definition) is 7. The van der Waals surface area contributed by atoms with Gasteiger partial charge in [0.05, 0.1) is 30.4 Å². The number of aliphatic hydroxyl groups excluding tert-OH is 2. The van der Waals surface area contributed by atoms with E-state index in [9.17, 15) is 10.2 Å². The van der Waals surface area contributed by atoms with Crippen molar-refractivity contribution in [3.8, 4) is 0 Å². The van der Waals surface area contributed by atoms with Gasteiger partial charge >= 0.3 is 0 Å². The summed E-state index contributed by atoms with van der Waals surface area (Å²) in [6.07, 6.45) is -3.13. The maximum Gasteiger partial charge on any atom is 0.206 e. The van der Waals surface area contributed by atoms with Crippen LogP contribution in [0, 0.1) is 0 Å². The van der Waals surface area contributed by atoms with Crippen molar-refractivity contribution in [3.63, 3.8) is 0 Å². The number of aliphatic hydroxyl groups is 2. The minimum atomic E-state index is -1.20. The van der Waals surface area contributed by atoms with Crippen LogP contribution in [0.1, 0.15) is 19.8 Å². The van der Waals surface area contributed by atoms with Crippen LogP contribution in [0.3, 0.4) is 0 Å². The molecule has 1 saturated carbocycles. The molecule has 8 atom stereocenters. The highest BCUT2D eigenvalue weighted by Gasteiger charge is 2.42. The lowest BCUT2D eigenvalue weighted by atomic mass is 9.83. The van der Waals surface area contributed by atoms with Crippen molar-refractivity contribution in [3.05, 3.63) is 0 Å². The Hall–Kier alpha value is -0.360. The van der Waals surface area contributed by atoms with Crippen molar-refractivity contribution in [2.75, 3.05) is 0 Å². The van der Waals surface area contributed by atoms with Crippen molar-refractivity contribution in [1.29, 1.82) is 0 Å². The molecule has 0 heterocycles. The Morgan fingerprint density at radius 3 is 2.35 bits per heavy atom. The summed E-state index contributed by atoms with van der Waals surface area (Å²) in [6, 6.07) is -2.63. The fraction of sp³-hybridized carbons (Fsp3) is 1.00. The Morgan fingerprint density at radius 2 is 1.85 bits per heavy atom. The topological polar surface area (TPSA) is 183 Å². The van der Waals surface area contributed by atoms with Crippen LogP contribution < -0.4 is 22.9 Å². The first kappa shape index (κ1) is 17.7. The van der Waals surface area contributed by atoms with E-state index in [0.29, 0.717) is 6.42 Å². The summed E-state index contributed by atoms with van der Waals surface area (Å²) in [5.74, 6) is 0. The van der Waals surface area contributed by atoms with Crippen LogP contribution in [0.5, 0.6) is 0 Å². The summed E-state index contributed by atoms with van der Waals surface area (Å²) in [4.78, 5) is 4.19. The van der Waals surface area contributed by atoms with Crippen molar-refractivity contribution in [1.82, 2.24) is 0 Å². The summed E-state index contributed by atoms with van der Waals surface area (Å²) < 4.78 is 5.47. The lowest BCUT2D eigenvalue weighted by Gasteiger charge is -2.42. The lowest BCUT2D eigenvalue weighted by Crippen LogP contribution is -2.66. The van der Waals surface area contributed by atoms with Gasteiger partial charge in [-0.25, -0.2) is 10.1 Å². The first-order valence-corrected chi connectivity index (χ1v) is 6.62. The third-order valence-electron chi connectivity index (χ3n) is 3.54. The van der Waals surface area contributed by atoms with Crippen molar-refractivity contribution < 1.29 is 25.1 Å². The summed E-state index contributed by atoms with van der Waals surface area (Å²) in [7, 11) is 0. The van der Waals surface area contributed by atoms with Gasteiger partial charge in [-0.15, -0.1) is 0 Å². The third-order valence-corrected chi connectivity index (χ3v) is 3.54. The van der Waals surface area contributed by atoms with Gasteiger partial charge in [0.1, 0.15) is 0 Å². The van der Waals surface area contributed by atoms with E-state index in [1.54, 1.807) is 6.92 Å². The standard InChI is InChI=1S/C11H26N4O5/c1-4(16)2-7(14)11(20-18)19-10-6(13)3-5(12)9(17)8(10)15/h4-11,16-18H,2-3,12-15H2,1H3/t4-,5-,6?,7?,8?,9?,10-,11+/m1/s1. The molecule has 1 fully saturated rings. The largest absolute Gasteiger partial charge is 0.393 e. The van der Waals surface area contributed by atoms with E-state index in [-0.39, 0.29) is 6.42 Å². The Bertz CT molecular complexity index is 296. The second kappa shape index (κ2) is 7.59. The van der Waals surface area contributed by atoms with E-state index in [1.807, 2.05) is 0 Å². The molecule has 0 aromatic heterocycles. The Labute approximate surface area is 117 Å². The maximum atomic E-state index is 9.84. The van der Waals surface area contributed by atoms with Gasteiger partial charge in [0, 0.05) is 12.1 Å². The van der Waals surface area contributed by atoms with Crippen molar-refractivity contribution >= 4 is 0 Å². The Morgan fingerprint density at radius 1 is 1.25 bits per heavy atom. The molecular weight excluding hydrogens is 268 g/mol. The average Bonchev–Trinajstić information content (AvgIpc) is 2.35. The zero-order valence-corrected chi connectivity index (χ0v) is 11.5. The molecule has 9 heteroatoms. The highest BCUT2D eigenvalue weighted by Crippen LogP contribution is 2.22. The second-order valence-electron chi connectivity index (χ2n) is 5.45. The molecule has 1 aliphatic rings. The molecule has 11 N–H and O–H groups in total. The third kappa shape index (κ3) is 4.32. The molecule has 120 valence electrons. The molecule has 0 amide bonds. The minimum absolute atomic E-state index is 0.157. The molecule has 0 saturated heterocycles. The summed E-state index contributed by atoms with van der Waals surface area (Å²) in [6.45, 7) is 1.55. The first-order valence-electron chi connectivity index (χ1n) is 6.62. The normalized spacial score (nSPS) is 39.3. The van der Waals surface area contributed by atoms with Gasteiger partial charge in [0.2, 0.25) is 6.29 Å². The van der Waals surface area contributed by atoms with E-state index >= 15 is 0 Å². The van der Waals surface area contributed by atoms with Crippen LogP contribution in [0.2, 0.25) is 0 Å². The SMILES string of the molecule is C[C@@H](O)CC(N)[C@H](OO)O[C@@H]1C(N)C[C@@H](N)C(O)C1N. The van der Waals surface area contributed by atoms with Gasteiger partial charge in [-0.2, -0.15) is 0 Å². The van der Waals surface area contributed by atoms with Gasteiger partial charge in [0.25, 0.3) is 0 Å².